The largest absolute Gasteiger partial charge is 0.467 e. The van der Waals surface area contributed by atoms with Gasteiger partial charge in [-0.3, -0.25) is 9.78 Å². The van der Waals surface area contributed by atoms with Gasteiger partial charge in [0.1, 0.15) is 34.9 Å². The third kappa shape index (κ3) is 6.73. The molecule has 0 unspecified atom stereocenters. The molecule has 234 valence electrons. The number of ether oxygens (including phenoxy) is 1. The van der Waals surface area contributed by atoms with Crippen LogP contribution in [-0.4, -0.2) is 51.6 Å². The van der Waals surface area contributed by atoms with Crippen molar-refractivity contribution in [2.75, 3.05) is 12.4 Å². The van der Waals surface area contributed by atoms with Gasteiger partial charge in [-0.2, -0.15) is 26.3 Å². The van der Waals surface area contributed by atoms with Crippen molar-refractivity contribution in [1.29, 1.82) is 0 Å². The lowest BCUT2D eigenvalue weighted by atomic mass is 10.0. The van der Waals surface area contributed by atoms with Gasteiger partial charge < -0.3 is 19.8 Å². The molecular formula is C28H23F8N5O3. The molecule has 0 spiro atoms. The van der Waals surface area contributed by atoms with E-state index in [0.29, 0.717) is 12.1 Å². The summed E-state index contributed by atoms with van der Waals surface area (Å²) in [5, 5.41) is 4.13. The number of fused-ring (bicyclic) bond motifs is 1. The number of esters is 1. The van der Waals surface area contributed by atoms with Gasteiger partial charge >= 0.3 is 18.3 Å². The zero-order valence-corrected chi connectivity index (χ0v) is 22.9. The van der Waals surface area contributed by atoms with E-state index in [1.54, 1.807) is 0 Å². The van der Waals surface area contributed by atoms with E-state index in [1.807, 2.05) is 5.32 Å². The van der Waals surface area contributed by atoms with E-state index >= 15 is 0 Å². The Bertz CT molecular complexity index is 1660. The van der Waals surface area contributed by atoms with E-state index in [2.05, 4.69) is 15.3 Å². The van der Waals surface area contributed by atoms with Crippen LogP contribution in [0.1, 0.15) is 35.0 Å². The highest BCUT2D eigenvalue weighted by molar-refractivity contribution is 5.97. The number of amides is 1. The van der Waals surface area contributed by atoms with Gasteiger partial charge in [0.15, 0.2) is 0 Å². The Balaban J connectivity index is 1.63. The van der Waals surface area contributed by atoms with Crippen LogP contribution in [0.3, 0.4) is 0 Å². The van der Waals surface area contributed by atoms with Crippen molar-refractivity contribution in [1.82, 2.24) is 19.7 Å². The second-order valence-corrected chi connectivity index (χ2v) is 9.47. The molecule has 0 saturated heterocycles. The average Bonchev–Trinajstić information content (AvgIpc) is 3.44. The topological polar surface area (TPSA) is 97.6 Å². The summed E-state index contributed by atoms with van der Waals surface area (Å²) in [4.78, 5) is 33.5. The van der Waals surface area contributed by atoms with Gasteiger partial charge in [-0.1, -0.05) is 6.92 Å². The summed E-state index contributed by atoms with van der Waals surface area (Å²) in [6.45, 7) is 1.22. The Kier molecular flexibility index (Phi) is 9.11. The molecule has 44 heavy (non-hydrogen) atoms. The highest BCUT2D eigenvalue weighted by Crippen LogP contribution is 2.37. The number of rotatable bonds is 9. The van der Waals surface area contributed by atoms with Gasteiger partial charge in [0.05, 0.1) is 18.4 Å². The second kappa shape index (κ2) is 12.5. The molecule has 3 heterocycles. The van der Waals surface area contributed by atoms with Crippen molar-refractivity contribution in [3.05, 3.63) is 83.4 Å². The van der Waals surface area contributed by atoms with Crippen molar-refractivity contribution in [2.24, 2.45) is 0 Å². The molecule has 2 N–H and O–H groups in total. The maximum absolute atomic E-state index is 14.8. The molecule has 1 amide bonds. The van der Waals surface area contributed by atoms with E-state index in [-0.39, 0.29) is 23.3 Å². The Morgan fingerprint density at radius 3 is 2.27 bits per heavy atom. The Morgan fingerprint density at radius 1 is 1.00 bits per heavy atom. The van der Waals surface area contributed by atoms with Gasteiger partial charge in [0, 0.05) is 42.0 Å². The lowest BCUT2D eigenvalue weighted by molar-refractivity contribution is -0.143. The molecule has 0 aliphatic carbocycles. The fourth-order valence-corrected chi connectivity index (χ4v) is 4.53. The zero-order valence-electron chi connectivity index (χ0n) is 22.9. The van der Waals surface area contributed by atoms with Crippen LogP contribution in [-0.2, 0) is 22.1 Å². The van der Waals surface area contributed by atoms with E-state index in [9.17, 15) is 44.7 Å². The van der Waals surface area contributed by atoms with Crippen LogP contribution in [0.2, 0.25) is 0 Å². The molecular weight excluding hydrogens is 606 g/mol. The molecule has 4 aromatic rings. The Morgan fingerprint density at radius 2 is 1.68 bits per heavy atom. The van der Waals surface area contributed by atoms with Crippen molar-refractivity contribution >= 4 is 23.2 Å². The van der Waals surface area contributed by atoms with Crippen molar-refractivity contribution in [3.8, 4) is 11.3 Å². The number of nitrogens with one attached hydrogen (secondary N) is 2. The quantitative estimate of drug-likeness (QED) is 0.175. The first-order chi connectivity index (χ1) is 20.6. The minimum absolute atomic E-state index is 0.0130. The van der Waals surface area contributed by atoms with Gasteiger partial charge in [-0.05, 0) is 42.8 Å². The van der Waals surface area contributed by atoms with E-state index < -0.39 is 76.9 Å². The number of imidazole rings is 1. The molecule has 4 rings (SSSR count). The molecule has 1 aromatic carbocycles. The molecule has 0 saturated carbocycles. The normalized spacial score (nSPS) is 13.4. The standard InChI is InChI=1S/C28H23F8N5O3/c1-3-21(28(34,35)36)39-14-11-18(29)22(19(30)12-14)25(42)40-20(26(43)44-2)13-15-6-7-16(24-38-9-10-41(15)24)23-17(27(31,32)33)5-4-8-37-23/h4-12,20-21,39H,3,13H2,1-2H3,(H,40,42)/t20-,21+/m0/s1. The summed E-state index contributed by atoms with van der Waals surface area (Å²) < 4.78 is 116. The number of nitrogens with zero attached hydrogens (tertiary/aromatic N) is 3. The third-order valence-corrected chi connectivity index (χ3v) is 6.62. The van der Waals surface area contributed by atoms with E-state index in [0.717, 1.165) is 19.2 Å². The first-order valence-corrected chi connectivity index (χ1v) is 12.8. The smallest absolute Gasteiger partial charge is 0.418 e. The van der Waals surface area contributed by atoms with Gasteiger partial charge in [0.25, 0.3) is 5.91 Å². The predicted molar refractivity (Wildman–Crippen MR) is 141 cm³/mol. The van der Waals surface area contributed by atoms with Gasteiger partial charge in [-0.15, -0.1) is 0 Å². The molecule has 0 aliphatic heterocycles. The Labute approximate surface area is 244 Å². The summed E-state index contributed by atoms with van der Waals surface area (Å²) in [7, 11) is 0.990. The zero-order chi connectivity index (χ0) is 32.4. The summed E-state index contributed by atoms with van der Waals surface area (Å²) in [6.07, 6.45) is -6.38. The average molecular weight is 630 g/mol. The second-order valence-electron chi connectivity index (χ2n) is 9.47. The number of aromatic nitrogens is 3. The first kappa shape index (κ1) is 32.2. The number of methoxy groups -OCH3 is 1. The molecule has 0 radical (unpaired) electrons. The number of carbonyl (C=O) groups excluding carboxylic acids is 2. The molecule has 2 atom stereocenters. The number of hydrogen-bond acceptors (Lipinski definition) is 6. The molecule has 0 aliphatic rings. The first-order valence-electron chi connectivity index (χ1n) is 12.8. The maximum Gasteiger partial charge on any atom is 0.418 e. The fourth-order valence-electron chi connectivity index (χ4n) is 4.53. The van der Waals surface area contributed by atoms with Crippen LogP contribution in [0.4, 0.5) is 40.8 Å². The number of carbonyl (C=O) groups is 2. The van der Waals surface area contributed by atoms with Crippen LogP contribution in [0.15, 0.2) is 55.0 Å². The van der Waals surface area contributed by atoms with Crippen LogP contribution >= 0.6 is 0 Å². The summed E-state index contributed by atoms with van der Waals surface area (Å²) in [5.41, 5.74) is -2.85. The predicted octanol–water partition coefficient (Wildman–Crippen LogP) is 5.96. The summed E-state index contributed by atoms with van der Waals surface area (Å²) >= 11 is 0. The molecule has 8 nitrogen and oxygen atoms in total. The number of hydrogen-bond donors (Lipinski definition) is 2. The number of pyridine rings is 2. The van der Waals surface area contributed by atoms with Crippen molar-refractivity contribution < 1.29 is 49.4 Å². The van der Waals surface area contributed by atoms with Crippen LogP contribution in [0.5, 0.6) is 0 Å². The number of anilines is 1. The molecule has 0 fully saturated rings. The lowest BCUT2D eigenvalue weighted by Crippen LogP contribution is -2.44. The number of halogens is 8. The van der Waals surface area contributed by atoms with Gasteiger partial charge in [0.2, 0.25) is 0 Å². The van der Waals surface area contributed by atoms with Gasteiger partial charge in [-0.25, -0.2) is 18.6 Å². The summed E-state index contributed by atoms with van der Waals surface area (Å²) in [6, 6.07) is 2.00. The minimum atomic E-state index is -4.72. The summed E-state index contributed by atoms with van der Waals surface area (Å²) in [5.74, 6) is -5.44. The fraction of sp³-hybridized carbons (Fsp3) is 0.286. The number of benzene rings is 1. The third-order valence-electron chi connectivity index (χ3n) is 6.62. The van der Waals surface area contributed by atoms with Crippen LogP contribution < -0.4 is 10.6 Å². The van der Waals surface area contributed by atoms with E-state index in [1.165, 1.54) is 42.0 Å². The SMILES string of the molecule is CC[C@@H](Nc1cc(F)c(C(=O)N[C@@H](Cc2ccc(-c3ncccc3C(F)(F)F)c3nccn23)C(=O)OC)c(F)c1)C(F)(F)F. The lowest BCUT2D eigenvalue weighted by Gasteiger charge is -2.22. The Hall–Kier alpha value is -4.76. The number of alkyl halides is 6. The van der Waals surface area contributed by atoms with Crippen molar-refractivity contribution in [3.63, 3.8) is 0 Å². The highest BCUT2D eigenvalue weighted by atomic mass is 19.4. The monoisotopic (exact) mass is 629 g/mol. The maximum atomic E-state index is 14.8. The molecule has 3 aromatic heterocycles. The molecule has 16 heteroatoms. The van der Waals surface area contributed by atoms with E-state index in [4.69, 9.17) is 4.74 Å². The minimum Gasteiger partial charge on any atom is -0.467 e. The highest BCUT2D eigenvalue weighted by Gasteiger charge is 2.39. The van der Waals surface area contributed by atoms with Crippen LogP contribution in [0, 0.1) is 11.6 Å². The van der Waals surface area contributed by atoms with Crippen LogP contribution in [0.25, 0.3) is 16.9 Å². The van der Waals surface area contributed by atoms with Crippen molar-refractivity contribution in [2.45, 2.75) is 44.2 Å². The molecule has 0 bridgehead atoms.